The Balaban J connectivity index is 1.76. The quantitative estimate of drug-likeness (QED) is 0.691. The third-order valence-corrected chi connectivity index (χ3v) is 2.68. The van der Waals surface area contributed by atoms with Crippen LogP contribution in [0.1, 0.15) is 23.3 Å². The number of carbonyl (C=O) groups is 2. The fourth-order valence-corrected chi connectivity index (χ4v) is 1.51. The van der Waals surface area contributed by atoms with E-state index in [0.29, 0.717) is 5.69 Å². The zero-order valence-corrected chi connectivity index (χ0v) is 9.85. The molecule has 1 fully saturated rings. The number of amides is 1. The highest BCUT2D eigenvalue weighted by Gasteiger charge is 2.20. The molecular formula is C12H15N3O3. The van der Waals surface area contributed by atoms with Gasteiger partial charge in [-0.15, -0.1) is 0 Å². The van der Waals surface area contributed by atoms with Crippen molar-refractivity contribution in [2.75, 3.05) is 18.4 Å². The van der Waals surface area contributed by atoms with Crippen molar-refractivity contribution in [2.45, 2.75) is 12.8 Å². The maximum atomic E-state index is 11.5. The van der Waals surface area contributed by atoms with Crippen molar-refractivity contribution in [3.8, 4) is 0 Å². The third-order valence-electron chi connectivity index (χ3n) is 2.68. The molecule has 1 amide bonds. The minimum atomic E-state index is -1.08. The van der Waals surface area contributed by atoms with Crippen LogP contribution in [0.5, 0.6) is 0 Å². The van der Waals surface area contributed by atoms with Gasteiger partial charge in [-0.2, -0.15) is 0 Å². The highest BCUT2D eigenvalue weighted by Crippen LogP contribution is 2.27. The van der Waals surface area contributed by atoms with Gasteiger partial charge < -0.3 is 15.7 Å². The second-order valence-electron chi connectivity index (χ2n) is 4.36. The van der Waals surface area contributed by atoms with Gasteiger partial charge in [0.25, 0.3) is 0 Å². The van der Waals surface area contributed by atoms with E-state index in [4.69, 9.17) is 5.11 Å². The van der Waals surface area contributed by atoms with E-state index in [0.717, 1.165) is 12.5 Å². The molecule has 1 saturated carbocycles. The van der Waals surface area contributed by atoms with E-state index in [1.54, 1.807) is 0 Å². The van der Waals surface area contributed by atoms with Gasteiger partial charge in [0.05, 0.1) is 18.4 Å². The molecule has 0 saturated heterocycles. The first kappa shape index (κ1) is 12.5. The van der Waals surface area contributed by atoms with Crippen molar-refractivity contribution in [1.82, 2.24) is 10.3 Å². The average Bonchev–Trinajstić information content (AvgIpc) is 3.13. The first-order valence-electron chi connectivity index (χ1n) is 5.85. The number of anilines is 1. The largest absolute Gasteiger partial charge is 0.477 e. The first-order valence-corrected chi connectivity index (χ1v) is 5.85. The lowest BCUT2D eigenvalue weighted by molar-refractivity contribution is -0.115. The van der Waals surface area contributed by atoms with Gasteiger partial charge in [0.1, 0.15) is 5.69 Å². The van der Waals surface area contributed by atoms with E-state index in [1.165, 1.54) is 31.2 Å². The number of carboxylic acids is 1. The zero-order valence-electron chi connectivity index (χ0n) is 9.85. The maximum Gasteiger partial charge on any atom is 0.354 e. The van der Waals surface area contributed by atoms with E-state index >= 15 is 0 Å². The molecule has 1 aromatic rings. The van der Waals surface area contributed by atoms with E-state index in [2.05, 4.69) is 15.6 Å². The topological polar surface area (TPSA) is 91.3 Å². The van der Waals surface area contributed by atoms with Crippen molar-refractivity contribution in [3.05, 3.63) is 24.0 Å². The van der Waals surface area contributed by atoms with E-state index in [1.807, 2.05) is 0 Å². The van der Waals surface area contributed by atoms with Crippen molar-refractivity contribution in [1.29, 1.82) is 0 Å². The van der Waals surface area contributed by atoms with Crippen LogP contribution in [0, 0.1) is 5.92 Å². The average molecular weight is 249 g/mol. The van der Waals surface area contributed by atoms with Gasteiger partial charge in [-0.1, -0.05) is 0 Å². The van der Waals surface area contributed by atoms with Gasteiger partial charge in [0.2, 0.25) is 5.91 Å². The summed E-state index contributed by atoms with van der Waals surface area (Å²) >= 11 is 0. The minimum absolute atomic E-state index is 0.0418. The van der Waals surface area contributed by atoms with Gasteiger partial charge in [0, 0.05) is 0 Å². The SMILES string of the molecule is O=C(CNCC1CC1)Nc1ccc(C(=O)O)nc1. The molecule has 6 nitrogen and oxygen atoms in total. The van der Waals surface area contributed by atoms with Crippen LogP contribution in [0.2, 0.25) is 0 Å². The fraction of sp³-hybridized carbons (Fsp3) is 0.417. The standard InChI is InChI=1S/C12H15N3O3/c16-11(7-13-5-8-1-2-8)15-9-3-4-10(12(17)18)14-6-9/h3-4,6,8,13H,1-2,5,7H2,(H,15,16)(H,17,18). The fourth-order valence-electron chi connectivity index (χ4n) is 1.51. The Morgan fingerprint density at radius 3 is 2.72 bits per heavy atom. The minimum Gasteiger partial charge on any atom is -0.477 e. The van der Waals surface area contributed by atoms with Gasteiger partial charge >= 0.3 is 5.97 Å². The smallest absolute Gasteiger partial charge is 0.354 e. The predicted octanol–water partition coefficient (Wildman–Crippen LogP) is 0.718. The number of hydrogen-bond donors (Lipinski definition) is 3. The molecule has 0 aromatic carbocycles. The van der Waals surface area contributed by atoms with Gasteiger partial charge in [0.15, 0.2) is 0 Å². The van der Waals surface area contributed by atoms with E-state index < -0.39 is 5.97 Å². The Morgan fingerprint density at radius 1 is 1.39 bits per heavy atom. The summed E-state index contributed by atoms with van der Waals surface area (Å²) in [5, 5.41) is 14.4. The van der Waals surface area contributed by atoms with Crippen LogP contribution < -0.4 is 10.6 Å². The van der Waals surface area contributed by atoms with Crippen LogP contribution in [0.4, 0.5) is 5.69 Å². The van der Waals surface area contributed by atoms with Crippen molar-refractivity contribution in [3.63, 3.8) is 0 Å². The molecule has 0 atom stereocenters. The normalized spacial score (nSPS) is 14.2. The molecule has 0 radical (unpaired) electrons. The molecule has 18 heavy (non-hydrogen) atoms. The molecule has 0 aliphatic heterocycles. The van der Waals surface area contributed by atoms with Crippen molar-refractivity contribution in [2.24, 2.45) is 5.92 Å². The van der Waals surface area contributed by atoms with Gasteiger partial charge in [-0.3, -0.25) is 4.79 Å². The molecule has 1 aliphatic rings. The van der Waals surface area contributed by atoms with Crippen LogP contribution in [-0.2, 0) is 4.79 Å². The monoisotopic (exact) mass is 249 g/mol. The lowest BCUT2D eigenvalue weighted by atomic mass is 10.3. The molecule has 0 unspecified atom stereocenters. The molecule has 0 spiro atoms. The second kappa shape index (κ2) is 5.59. The Kier molecular flexibility index (Phi) is 3.88. The van der Waals surface area contributed by atoms with E-state index in [9.17, 15) is 9.59 Å². The number of nitrogens with zero attached hydrogens (tertiary/aromatic N) is 1. The number of aromatic carboxylic acids is 1. The highest BCUT2D eigenvalue weighted by molar-refractivity contribution is 5.92. The number of pyridine rings is 1. The Morgan fingerprint density at radius 2 is 2.17 bits per heavy atom. The Bertz CT molecular complexity index is 440. The maximum absolute atomic E-state index is 11.5. The molecule has 1 aliphatic carbocycles. The molecule has 0 bridgehead atoms. The van der Waals surface area contributed by atoms with Crippen LogP contribution in [0.15, 0.2) is 18.3 Å². The van der Waals surface area contributed by atoms with E-state index in [-0.39, 0.29) is 18.1 Å². The van der Waals surface area contributed by atoms with Crippen LogP contribution in [0.3, 0.4) is 0 Å². The van der Waals surface area contributed by atoms with Crippen molar-refractivity contribution >= 4 is 17.6 Å². The lowest BCUT2D eigenvalue weighted by Crippen LogP contribution is -2.29. The zero-order chi connectivity index (χ0) is 13.0. The summed E-state index contributed by atoms with van der Waals surface area (Å²) in [6.45, 7) is 1.14. The first-order chi connectivity index (χ1) is 8.65. The number of nitrogens with one attached hydrogen (secondary N) is 2. The Hall–Kier alpha value is -1.95. The van der Waals surface area contributed by atoms with Crippen LogP contribution in [0.25, 0.3) is 0 Å². The second-order valence-corrected chi connectivity index (χ2v) is 4.36. The van der Waals surface area contributed by atoms with Crippen LogP contribution >= 0.6 is 0 Å². The molecule has 1 heterocycles. The molecule has 96 valence electrons. The molecule has 3 N–H and O–H groups in total. The highest BCUT2D eigenvalue weighted by atomic mass is 16.4. The number of aromatic nitrogens is 1. The molecule has 6 heteroatoms. The summed E-state index contributed by atoms with van der Waals surface area (Å²) in [6, 6.07) is 2.88. The summed E-state index contributed by atoms with van der Waals surface area (Å²) in [5.41, 5.74) is 0.457. The predicted molar refractivity (Wildman–Crippen MR) is 65.4 cm³/mol. The van der Waals surface area contributed by atoms with Crippen LogP contribution in [-0.4, -0.2) is 35.1 Å². The number of carbonyl (C=O) groups excluding carboxylic acids is 1. The number of hydrogen-bond acceptors (Lipinski definition) is 4. The van der Waals surface area contributed by atoms with Crippen molar-refractivity contribution < 1.29 is 14.7 Å². The summed E-state index contributed by atoms with van der Waals surface area (Å²) in [6.07, 6.45) is 3.83. The summed E-state index contributed by atoms with van der Waals surface area (Å²) in [5.74, 6) is -0.506. The Labute approximate surface area is 104 Å². The summed E-state index contributed by atoms with van der Waals surface area (Å²) < 4.78 is 0. The number of rotatable bonds is 6. The number of carboxylic acid groups (broad SMARTS) is 1. The molecule has 1 aromatic heterocycles. The molecular weight excluding hydrogens is 234 g/mol. The molecule has 2 rings (SSSR count). The lowest BCUT2D eigenvalue weighted by Gasteiger charge is -2.06. The summed E-state index contributed by atoms with van der Waals surface area (Å²) in [4.78, 5) is 25.8. The van der Waals surface area contributed by atoms with Gasteiger partial charge in [-0.25, -0.2) is 9.78 Å². The summed E-state index contributed by atoms with van der Waals surface area (Å²) in [7, 11) is 0. The van der Waals surface area contributed by atoms with Gasteiger partial charge in [-0.05, 0) is 37.4 Å². The third kappa shape index (κ3) is 3.81.